The molecule has 3 atom stereocenters. The summed E-state index contributed by atoms with van der Waals surface area (Å²) >= 11 is 0. The SMILES string of the molecule is C1=CCC(c2ccc3c(c2)C(C2=CCCC=C2)(c2ccccc2)c2c-3c3ccccc3c3ccccc23)C(N(c2ccc(-c3ccccc3)cc2)C2C=CC(c3ccccc3)=CC2)=C1. The molecule has 8 aromatic carbocycles. The van der Waals surface area contributed by atoms with E-state index in [-0.39, 0.29) is 12.0 Å². The number of fused-ring (bicyclic) bond motifs is 8. The summed E-state index contributed by atoms with van der Waals surface area (Å²) in [5, 5.41) is 5.27. The molecule has 0 N–H and O–H groups in total. The Morgan fingerprint density at radius 2 is 1.17 bits per heavy atom. The van der Waals surface area contributed by atoms with E-state index in [4.69, 9.17) is 0 Å². The average Bonchev–Trinajstić information content (AvgIpc) is 3.70. The monoisotopic (exact) mass is 819 g/mol. The lowest BCUT2D eigenvalue weighted by Crippen LogP contribution is -2.36. The molecular formula is C63H49N. The van der Waals surface area contributed by atoms with E-state index < -0.39 is 5.41 Å². The van der Waals surface area contributed by atoms with Gasteiger partial charge >= 0.3 is 0 Å². The van der Waals surface area contributed by atoms with Crippen molar-refractivity contribution >= 4 is 32.8 Å². The minimum atomic E-state index is -0.505. The molecule has 1 heteroatoms. The predicted octanol–water partition coefficient (Wildman–Crippen LogP) is 16.1. The van der Waals surface area contributed by atoms with Crippen molar-refractivity contribution in [1.82, 2.24) is 0 Å². The standard InChI is InChI=1S/C63H49N/c1-5-19-44(20-6-1)46-33-38-51(39-34-46)64(52-40-35-47(36-41-52)45-21-7-2-8-22-45)60-32-18-17-27-53(60)48-37-42-58-59(43-48)63(49-23-9-3-10-24-49,50-25-11-4-12-26-50)62-57-31-16-14-29-55(57)54-28-13-15-30-56(54)61(58)62/h1-3,5-11,13-26,28-40,42-43,52-53H,4,12,27,41H2. The summed E-state index contributed by atoms with van der Waals surface area (Å²) in [6.07, 6.45) is 25.5. The maximum Gasteiger partial charge on any atom is 0.0716 e. The second kappa shape index (κ2) is 16.0. The molecular weight excluding hydrogens is 771 g/mol. The zero-order valence-corrected chi connectivity index (χ0v) is 35.9. The number of anilines is 1. The van der Waals surface area contributed by atoms with Crippen molar-refractivity contribution in [2.24, 2.45) is 0 Å². The molecule has 64 heavy (non-hydrogen) atoms. The van der Waals surface area contributed by atoms with Gasteiger partial charge in [-0.1, -0.05) is 218 Å². The van der Waals surface area contributed by atoms with E-state index in [1.165, 1.54) is 94.1 Å². The van der Waals surface area contributed by atoms with Crippen molar-refractivity contribution in [2.75, 3.05) is 4.90 Å². The van der Waals surface area contributed by atoms with Crippen LogP contribution in [0.3, 0.4) is 0 Å². The number of allylic oxidation sites excluding steroid dienone is 10. The van der Waals surface area contributed by atoms with Gasteiger partial charge in [-0.25, -0.2) is 0 Å². The van der Waals surface area contributed by atoms with Crippen LogP contribution in [0.4, 0.5) is 5.69 Å². The van der Waals surface area contributed by atoms with Gasteiger partial charge in [-0.15, -0.1) is 0 Å². The normalized spacial score (nSPS) is 19.8. The molecule has 0 saturated carbocycles. The van der Waals surface area contributed by atoms with Gasteiger partial charge in [0, 0.05) is 17.3 Å². The molecule has 4 aliphatic rings. The van der Waals surface area contributed by atoms with Crippen LogP contribution in [0.25, 0.3) is 49.4 Å². The van der Waals surface area contributed by atoms with Crippen LogP contribution in [0.1, 0.15) is 59.4 Å². The zero-order chi connectivity index (χ0) is 42.5. The average molecular weight is 820 g/mol. The summed E-state index contributed by atoms with van der Waals surface area (Å²) < 4.78 is 0. The predicted molar refractivity (Wildman–Crippen MR) is 271 cm³/mol. The first-order valence-corrected chi connectivity index (χ1v) is 23.0. The van der Waals surface area contributed by atoms with Gasteiger partial charge in [0.25, 0.3) is 0 Å². The Balaban J connectivity index is 1.05. The third-order valence-electron chi connectivity index (χ3n) is 14.2. The topological polar surface area (TPSA) is 3.24 Å². The highest BCUT2D eigenvalue weighted by atomic mass is 15.2. The van der Waals surface area contributed by atoms with Crippen LogP contribution in [-0.2, 0) is 5.41 Å². The number of hydrogen-bond acceptors (Lipinski definition) is 1. The molecule has 1 nitrogen and oxygen atoms in total. The molecule has 306 valence electrons. The smallest absolute Gasteiger partial charge is 0.0716 e. The van der Waals surface area contributed by atoms with E-state index in [9.17, 15) is 0 Å². The summed E-state index contributed by atoms with van der Waals surface area (Å²) in [7, 11) is 0. The molecule has 0 aromatic heterocycles. The molecule has 0 spiro atoms. The summed E-state index contributed by atoms with van der Waals surface area (Å²) in [5.74, 6) is 0.138. The fourth-order valence-corrected chi connectivity index (χ4v) is 11.4. The lowest BCUT2D eigenvalue weighted by Gasteiger charge is -2.40. The van der Waals surface area contributed by atoms with Gasteiger partial charge in [-0.2, -0.15) is 0 Å². The Kier molecular flexibility index (Phi) is 9.56. The van der Waals surface area contributed by atoms with Crippen molar-refractivity contribution in [2.45, 2.75) is 43.1 Å². The molecule has 0 heterocycles. The first kappa shape index (κ1) is 38.2. The molecule has 12 rings (SSSR count). The van der Waals surface area contributed by atoms with Crippen molar-refractivity contribution in [3.63, 3.8) is 0 Å². The first-order valence-electron chi connectivity index (χ1n) is 23.0. The van der Waals surface area contributed by atoms with E-state index in [0.717, 1.165) is 25.7 Å². The van der Waals surface area contributed by atoms with Crippen molar-refractivity contribution in [3.05, 3.63) is 276 Å². The highest BCUT2D eigenvalue weighted by Gasteiger charge is 2.49. The fourth-order valence-electron chi connectivity index (χ4n) is 11.4. The van der Waals surface area contributed by atoms with Crippen LogP contribution in [0.2, 0.25) is 0 Å². The summed E-state index contributed by atoms with van der Waals surface area (Å²) in [4.78, 5) is 2.64. The largest absolute Gasteiger partial charge is 0.337 e. The van der Waals surface area contributed by atoms with Crippen molar-refractivity contribution < 1.29 is 0 Å². The van der Waals surface area contributed by atoms with Crippen LogP contribution in [0.15, 0.2) is 248 Å². The van der Waals surface area contributed by atoms with Crippen molar-refractivity contribution in [1.29, 1.82) is 0 Å². The maximum atomic E-state index is 2.64. The molecule has 0 fully saturated rings. The van der Waals surface area contributed by atoms with Gasteiger partial charge < -0.3 is 4.90 Å². The quantitative estimate of drug-likeness (QED) is 0.138. The second-order valence-electron chi connectivity index (χ2n) is 17.7. The molecule has 3 unspecified atom stereocenters. The van der Waals surface area contributed by atoms with E-state index in [2.05, 4.69) is 242 Å². The summed E-state index contributed by atoms with van der Waals surface area (Å²) in [6.45, 7) is 0. The second-order valence-corrected chi connectivity index (χ2v) is 17.7. The Morgan fingerprint density at radius 3 is 1.88 bits per heavy atom. The number of benzene rings is 8. The molecule has 8 aromatic rings. The molecule has 0 bridgehead atoms. The van der Waals surface area contributed by atoms with Crippen LogP contribution >= 0.6 is 0 Å². The lowest BCUT2D eigenvalue weighted by molar-refractivity contribution is 0.673. The summed E-state index contributed by atoms with van der Waals surface area (Å²) in [5.41, 5.74) is 16.6. The van der Waals surface area contributed by atoms with E-state index in [0.29, 0.717) is 0 Å². The minimum Gasteiger partial charge on any atom is -0.337 e. The third-order valence-corrected chi connectivity index (χ3v) is 14.2. The first-order chi connectivity index (χ1) is 31.8. The van der Waals surface area contributed by atoms with Gasteiger partial charge in [0.05, 0.1) is 11.5 Å². The number of nitrogens with zero attached hydrogens (tertiary/aromatic N) is 1. The maximum absolute atomic E-state index is 2.64. The highest BCUT2D eigenvalue weighted by Crippen LogP contribution is 2.61. The van der Waals surface area contributed by atoms with Crippen LogP contribution in [-0.4, -0.2) is 6.04 Å². The van der Waals surface area contributed by atoms with Gasteiger partial charge in [0.2, 0.25) is 0 Å². The molecule has 4 aliphatic carbocycles. The Labute approximate surface area is 377 Å². The number of rotatable bonds is 8. The number of hydrogen-bond donors (Lipinski definition) is 0. The van der Waals surface area contributed by atoms with Crippen LogP contribution < -0.4 is 4.90 Å². The van der Waals surface area contributed by atoms with Gasteiger partial charge in [0.1, 0.15) is 0 Å². The lowest BCUT2D eigenvalue weighted by atomic mass is 9.64. The zero-order valence-electron chi connectivity index (χ0n) is 35.9. The van der Waals surface area contributed by atoms with Crippen molar-refractivity contribution in [3.8, 4) is 22.3 Å². The highest BCUT2D eigenvalue weighted by molar-refractivity contribution is 6.19. The van der Waals surface area contributed by atoms with Crippen LogP contribution in [0, 0.1) is 0 Å². The summed E-state index contributed by atoms with van der Waals surface area (Å²) in [6, 6.07) is 68.1. The Bertz CT molecular complexity index is 3250. The van der Waals surface area contributed by atoms with Gasteiger partial charge in [-0.3, -0.25) is 0 Å². The van der Waals surface area contributed by atoms with E-state index in [1.807, 2.05) is 0 Å². The Hall–Kier alpha value is -7.48. The molecule has 0 saturated heterocycles. The molecule has 0 aliphatic heterocycles. The fraction of sp³-hybridized carbons (Fsp3) is 0.111. The third kappa shape index (κ3) is 6.21. The van der Waals surface area contributed by atoms with E-state index >= 15 is 0 Å². The molecule has 0 radical (unpaired) electrons. The van der Waals surface area contributed by atoms with E-state index in [1.54, 1.807) is 0 Å². The van der Waals surface area contributed by atoms with Crippen LogP contribution in [0.5, 0.6) is 0 Å². The van der Waals surface area contributed by atoms with Gasteiger partial charge in [-0.05, 0) is 127 Å². The minimum absolute atomic E-state index is 0.138. The van der Waals surface area contributed by atoms with Gasteiger partial charge in [0.15, 0.2) is 0 Å². The molecule has 0 amide bonds. The Morgan fingerprint density at radius 1 is 0.516 bits per heavy atom.